The lowest BCUT2D eigenvalue weighted by Crippen LogP contribution is -2.36. The van der Waals surface area contributed by atoms with Gasteiger partial charge in [0.1, 0.15) is 5.82 Å². The van der Waals surface area contributed by atoms with Crippen molar-refractivity contribution < 1.29 is 5.11 Å². The number of likely N-dealkylation sites (tertiary alicyclic amines) is 1. The Morgan fingerprint density at radius 3 is 2.58 bits per heavy atom. The van der Waals surface area contributed by atoms with Crippen LogP contribution in [0.3, 0.4) is 0 Å². The summed E-state index contributed by atoms with van der Waals surface area (Å²) in [6.07, 6.45) is 1.56. The van der Waals surface area contributed by atoms with Crippen molar-refractivity contribution in [2.24, 2.45) is 0 Å². The zero-order valence-electron chi connectivity index (χ0n) is 14.6. The molecule has 1 aromatic heterocycles. The van der Waals surface area contributed by atoms with Crippen LogP contribution in [0.25, 0.3) is 11.0 Å². The fourth-order valence-corrected chi connectivity index (χ4v) is 3.68. The molecule has 1 saturated heterocycles. The summed E-state index contributed by atoms with van der Waals surface area (Å²) in [7, 11) is 0. The number of benzene rings is 2. The van der Waals surface area contributed by atoms with Gasteiger partial charge in [-0.15, -0.1) is 0 Å². The highest BCUT2D eigenvalue weighted by Crippen LogP contribution is 2.28. The van der Waals surface area contributed by atoms with Gasteiger partial charge in [-0.2, -0.15) is 5.26 Å². The Morgan fingerprint density at radius 2 is 1.88 bits per heavy atom. The largest absolute Gasteiger partial charge is 0.387 e. The van der Waals surface area contributed by atoms with Crippen molar-refractivity contribution in [2.75, 3.05) is 19.6 Å². The highest BCUT2D eigenvalue weighted by Gasteiger charge is 2.24. The third-order valence-electron chi connectivity index (χ3n) is 5.24. The summed E-state index contributed by atoms with van der Waals surface area (Å²) in [5.74, 6) is 1.53. The van der Waals surface area contributed by atoms with E-state index in [1.807, 2.05) is 30.3 Å². The highest BCUT2D eigenvalue weighted by molar-refractivity contribution is 5.74. The average molecular weight is 346 g/mol. The van der Waals surface area contributed by atoms with Crippen molar-refractivity contribution in [2.45, 2.75) is 24.9 Å². The lowest BCUT2D eigenvalue weighted by atomic mass is 9.95. The lowest BCUT2D eigenvalue weighted by Gasteiger charge is -2.32. The van der Waals surface area contributed by atoms with Crippen molar-refractivity contribution in [3.63, 3.8) is 0 Å². The second-order valence-electron chi connectivity index (χ2n) is 6.96. The number of H-pyrrole nitrogens is 1. The van der Waals surface area contributed by atoms with Crippen LogP contribution in [0.4, 0.5) is 0 Å². The van der Waals surface area contributed by atoms with E-state index in [9.17, 15) is 5.11 Å². The van der Waals surface area contributed by atoms with Crippen LogP contribution in [0.2, 0.25) is 0 Å². The van der Waals surface area contributed by atoms with Crippen LogP contribution in [0.5, 0.6) is 0 Å². The Balaban J connectivity index is 1.35. The molecule has 0 radical (unpaired) electrons. The van der Waals surface area contributed by atoms with Crippen LogP contribution < -0.4 is 0 Å². The van der Waals surface area contributed by atoms with Gasteiger partial charge >= 0.3 is 0 Å². The summed E-state index contributed by atoms with van der Waals surface area (Å²) in [6.45, 7) is 2.53. The number of β-amino-alcohol motifs (C(OH)–C–C–N with tert-alkyl or cyclic N) is 1. The quantitative estimate of drug-likeness (QED) is 0.760. The van der Waals surface area contributed by atoms with Crippen molar-refractivity contribution in [1.82, 2.24) is 14.9 Å². The summed E-state index contributed by atoms with van der Waals surface area (Å²) < 4.78 is 0. The molecule has 3 aromatic rings. The summed E-state index contributed by atoms with van der Waals surface area (Å²) in [4.78, 5) is 10.5. The minimum absolute atomic E-state index is 0.450. The fourth-order valence-electron chi connectivity index (χ4n) is 3.68. The van der Waals surface area contributed by atoms with Gasteiger partial charge in [0.25, 0.3) is 0 Å². The molecule has 1 atom stereocenters. The van der Waals surface area contributed by atoms with Crippen LogP contribution >= 0.6 is 0 Å². The van der Waals surface area contributed by atoms with Gasteiger partial charge in [-0.25, -0.2) is 4.98 Å². The zero-order valence-corrected chi connectivity index (χ0v) is 14.6. The van der Waals surface area contributed by atoms with Crippen molar-refractivity contribution in [3.05, 3.63) is 65.5 Å². The van der Waals surface area contributed by atoms with E-state index in [0.29, 0.717) is 18.0 Å². The summed E-state index contributed by atoms with van der Waals surface area (Å²) >= 11 is 0. The van der Waals surface area contributed by atoms with E-state index < -0.39 is 6.10 Å². The molecule has 0 aliphatic carbocycles. The Labute approximate surface area is 152 Å². The number of aromatic nitrogens is 2. The predicted molar refractivity (Wildman–Crippen MR) is 101 cm³/mol. The molecule has 0 amide bonds. The number of rotatable bonds is 4. The van der Waals surface area contributed by atoms with E-state index in [-0.39, 0.29) is 0 Å². The van der Waals surface area contributed by atoms with E-state index in [1.54, 1.807) is 12.1 Å². The Morgan fingerprint density at radius 1 is 1.15 bits per heavy atom. The minimum atomic E-state index is -0.523. The molecular formula is C21H22N4O. The van der Waals surface area contributed by atoms with E-state index in [2.05, 4.69) is 22.0 Å². The highest BCUT2D eigenvalue weighted by atomic mass is 16.3. The van der Waals surface area contributed by atoms with Crippen molar-refractivity contribution in [1.29, 1.82) is 5.26 Å². The standard InChI is InChI=1S/C21H22N4O/c22-13-15-5-7-16(8-6-15)20(26)14-25-11-9-17(10-12-25)21-23-18-3-1-2-4-19(18)24-21/h1-8,17,20,26H,9-12,14H2,(H,23,24). The van der Waals surface area contributed by atoms with Gasteiger partial charge in [0.2, 0.25) is 0 Å². The first-order valence-corrected chi connectivity index (χ1v) is 9.08. The molecule has 0 bridgehead atoms. The number of aromatic amines is 1. The molecule has 1 aliphatic rings. The zero-order chi connectivity index (χ0) is 17.9. The number of piperidine rings is 1. The van der Waals surface area contributed by atoms with Crippen LogP contribution in [0.15, 0.2) is 48.5 Å². The maximum absolute atomic E-state index is 10.5. The minimum Gasteiger partial charge on any atom is -0.387 e. The Bertz CT molecular complexity index is 884. The number of nitrogens with zero attached hydrogens (tertiary/aromatic N) is 3. The van der Waals surface area contributed by atoms with Gasteiger partial charge in [0.15, 0.2) is 0 Å². The van der Waals surface area contributed by atoms with E-state index in [4.69, 9.17) is 10.2 Å². The first kappa shape index (κ1) is 16.8. The monoisotopic (exact) mass is 346 g/mol. The van der Waals surface area contributed by atoms with Gasteiger partial charge in [0, 0.05) is 12.5 Å². The van der Waals surface area contributed by atoms with Crippen LogP contribution in [0, 0.1) is 11.3 Å². The number of hydrogen-bond acceptors (Lipinski definition) is 4. The van der Waals surface area contributed by atoms with E-state index in [0.717, 1.165) is 48.4 Å². The predicted octanol–water partition coefficient (Wildman–Crippen LogP) is 3.35. The number of para-hydroxylation sites is 2. The second kappa shape index (κ2) is 7.28. The van der Waals surface area contributed by atoms with Crippen LogP contribution in [-0.4, -0.2) is 39.6 Å². The van der Waals surface area contributed by atoms with Crippen molar-refractivity contribution >= 4 is 11.0 Å². The maximum Gasteiger partial charge on any atom is 0.110 e. The van der Waals surface area contributed by atoms with Gasteiger partial charge in [-0.3, -0.25) is 0 Å². The van der Waals surface area contributed by atoms with Gasteiger partial charge in [-0.05, 0) is 55.8 Å². The molecule has 2 heterocycles. The van der Waals surface area contributed by atoms with Crippen LogP contribution in [0.1, 0.15) is 41.8 Å². The molecule has 2 N–H and O–H groups in total. The van der Waals surface area contributed by atoms with Gasteiger partial charge in [0.05, 0.1) is 28.8 Å². The number of hydrogen-bond donors (Lipinski definition) is 2. The molecule has 0 spiro atoms. The summed E-state index contributed by atoms with van der Waals surface area (Å²) in [5.41, 5.74) is 3.61. The van der Waals surface area contributed by atoms with E-state index in [1.165, 1.54) is 0 Å². The van der Waals surface area contributed by atoms with Crippen molar-refractivity contribution in [3.8, 4) is 6.07 Å². The number of fused-ring (bicyclic) bond motifs is 1. The smallest absolute Gasteiger partial charge is 0.110 e. The first-order chi connectivity index (χ1) is 12.7. The lowest BCUT2D eigenvalue weighted by molar-refractivity contribution is 0.0967. The average Bonchev–Trinajstić information content (AvgIpc) is 3.13. The Hall–Kier alpha value is -2.68. The number of nitrogens with one attached hydrogen (secondary N) is 1. The summed E-state index contributed by atoms with van der Waals surface area (Å²) in [6, 6.07) is 17.4. The molecule has 1 fully saturated rings. The maximum atomic E-state index is 10.5. The number of aliphatic hydroxyl groups excluding tert-OH is 1. The molecular weight excluding hydrogens is 324 g/mol. The molecule has 1 unspecified atom stereocenters. The molecule has 132 valence electrons. The molecule has 1 aliphatic heterocycles. The first-order valence-electron chi connectivity index (χ1n) is 9.08. The molecule has 5 nitrogen and oxygen atoms in total. The molecule has 26 heavy (non-hydrogen) atoms. The normalized spacial score (nSPS) is 17.2. The van der Waals surface area contributed by atoms with Crippen LogP contribution in [-0.2, 0) is 0 Å². The third kappa shape index (κ3) is 3.48. The van der Waals surface area contributed by atoms with Gasteiger partial charge < -0.3 is 15.0 Å². The Kier molecular flexibility index (Phi) is 4.70. The van der Waals surface area contributed by atoms with Gasteiger partial charge in [-0.1, -0.05) is 24.3 Å². The third-order valence-corrected chi connectivity index (χ3v) is 5.24. The molecule has 0 saturated carbocycles. The number of aliphatic hydroxyl groups is 1. The topological polar surface area (TPSA) is 75.9 Å². The number of nitriles is 1. The second-order valence-corrected chi connectivity index (χ2v) is 6.96. The fraction of sp³-hybridized carbons (Fsp3) is 0.333. The SMILES string of the molecule is N#Cc1ccc(C(O)CN2CCC(c3nc4ccccc4[nH]3)CC2)cc1. The molecule has 4 rings (SSSR count). The molecule has 5 heteroatoms. The van der Waals surface area contributed by atoms with E-state index >= 15 is 0 Å². The summed E-state index contributed by atoms with van der Waals surface area (Å²) in [5, 5.41) is 19.3. The molecule has 2 aromatic carbocycles. The number of imidazole rings is 1.